The summed E-state index contributed by atoms with van der Waals surface area (Å²) in [5.41, 5.74) is 1.49. The number of nitriles is 1. The van der Waals surface area contributed by atoms with Gasteiger partial charge in [0.1, 0.15) is 17.7 Å². The number of carbonyl (C=O) groups is 1. The van der Waals surface area contributed by atoms with Crippen LogP contribution >= 0.6 is 11.8 Å². The Kier molecular flexibility index (Phi) is 6.24. The molecule has 0 spiro atoms. The van der Waals surface area contributed by atoms with Crippen LogP contribution in [0.25, 0.3) is 17.1 Å². The third-order valence-corrected chi connectivity index (χ3v) is 5.40. The molecule has 0 fully saturated rings. The third-order valence-electron chi connectivity index (χ3n) is 4.47. The first-order valence-electron chi connectivity index (χ1n) is 9.45. The Bertz CT molecular complexity index is 1320. The summed E-state index contributed by atoms with van der Waals surface area (Å²) in [5, 5.41) is 20.4. The van der Waals surface area contributed by atoms with Crippen LogP contribution in [0.15, 0.2) is 78.0 Å². The molecule has 3 aromatic carbocycles. The molecule has 9 heteroatoms. The number of amides is 1. The molecule has 4 aromatic rings. The minimum Gasteiger partial charge on any atom is -0.324 e. The molecule has 1 heterocycles. The van der Waals surface area contributed by atoms with Gasteiger partial charge >= 0.3 is 0 Å². The van der Waals surface area contributed by atoms with Gasteiger partial charge in [0, 0.05) is 11.6 Å². The van der Waals surface area contributed by atoms with Crippen molar-refractivity contribution in [3.8, 4) is 23.1 Å². The molecule has 0 saturated carbocycles. The highest BCUT2D eigenvalue weighted by molar-refractivity contribution is 7.99. The van der Waals surface area contributed by atoms with Gasteiger partial charge in [0.25, 0.3) is 0 Å². The fourth-order valence-corrected chi connectivity index (χ4v) is 3.77. The van der Waals surface area contributed by atoms with E-state index in [0.717, 1.165) is 23.9 Å². The molecule has 0 atom stereocenters. The second-order valence-electron chi connectivity index (χ2n) is 6.60. The predicted octanol–water partition coefficient (Wildman–Crippen LogP) is 4.81. The molecule has 0 aliphatic rings. The van der Waals surface area contributed by atoms with Gasteiger partial charge < -0.3 is 5.32 Å². The maximum atomic E-state index is 14.6. The second kappa shape index (κ2) is 9.41. The lowest BCUT2D eigenvalue weighted by molar-refractivity contribution is -0.113. The molecule has 158 valence electrons. The summed E-state index contributed by atoms with van der Waals surface area (Å²) >= 11 is 1.05. The van der Waals surface area contributed by atoms with Gasteiger partial charge in [-0.1, -0.05) is 54.2 Å². The molecular formula is C23H15F2N5OS. The molecule has 0 saturated heterocycles. The van der Waals surface area contributed by atoms with Gasteiger partial charge in [0.2, 0.25) is 5.91 Å². The molecule has 0 aliphatic carbocycles. The van der Waals surface area contributed by atoms with Crippen molar-refractivity contribution in [1.29, 1.82) is 5.26 Å². The molecular weight excluding hydrogens is 432 g/mol. The Morgan fingerprint density at radius 2 is 1.78 bits per heavy atom. The maximum Gasteiger partial charge on any atom is 0.234 e. The normalized spacial score (nSPS) is 10.5. The monoisotopic (exact) mass is 447 g/mol. The Balaban J connectivity index is 1.63. The van der Waals surface area contributed by atoms with E-state index in [4.69, 9.17) is 5.26 Å². The van der Waals surface area contributed by atoms with E-state index in [0.29, 0.717) is 22.6 Å². The quantitative estimate of drug-likeness (QED) is 0.429. The lowest BCUT2D eigenvalue weighted by Crippen LogP contribution is -2.15. The summed E-state index contributed by atoms with van der Waals surface area (Å²) in [7, 11) is 0. The largest absolute Gasteiger partial charge is 0.324 e. The zero-order valence-electron chi connectivity index (χ0n) is 16.5. The predicted molar refractivity (Wildman–Crippen MR) is 117 cm³/mol. The van der Waals surface area contributed by atoms with Gasteiger partial charge in [0.05, 0.1) is 22.7 Å². The number of aromatic nitrogens is 3. The highest BCUT2D eigenvalue weighted by Crippen LogP contribution is 2.29. The van der Waals surface area contributed by atoms with E-state index in [1.165, 1.54) is 10.6 Å². The number of nitrogens with zero attached hydrogens (tertiary/aromatic N) is 4. The van der Waals surface area contributed by atoms with Crippen molar-refractivity contribution in [2.45, 2.75) is 5.16 Å². The van der Waals surface area contributed by atoms with E-state index in [9.17, 15) is 13.6 Å². The summed E-state index contributed by atoms with van der Waals surface area (Å²) in [6.07, 6.45) is 0. The van der Waals surface area contributed by atoms with Crippen LogP contribution in [0.3, 0.4) is 0 Å². The van der Waals surface area contributed by atoms with Crippen molar-refractivity contribution >= 4 is 23.4 Å². The van der Waals surface area contributed by atoms with Crippen LogP contribution in [0.1, 0.15) is 5.56 Å². The number of thioether (sulfide) groups is 1. The smallest absolute Gasteiger partial charge is 0.234 e. The van der Waals surface area contributed by atoms with Crippen molar-refractivity contribution in [3.63, 3.8) is 0 Å². The van der Waals surface area contributed by atoms with Crippen LogP contribution in [-0.4, -0.2) is 26.4 Å². The molecule has 0 unspecified atom stereocenters. The van der Waals surface area contributed by atoms with Gasteiger partial charge in [-0.25, -0.2) is 8.78 Å². The fourth-order valence-electron chi connectivity index (χ4n) is 3.02. The van der Waals surface area contributed by atoms with Gasteiger partial charge in [-0.05, 0) is 24.3 Å². The fraction of sp³-hybridized carbons (Fsp3) is 0.0435. The lowest BCUT2D eigenvalue weighted by Gasteiger charge is -2.12. The summed E-state index contributed by atoms with van der Waals surface area (Å²) in [5.74, 6) is -1.56. The van der Waals surface area contributed by atoms with E-state index >= 15 is 0 Å². The summed E-state index contributed by atoms with van der Waals surface area (Å²) < 4.78 is 29.5. The summed E-state index contributed by atoms with van der Waals surface area (Å²) in [4.78, 5) is 12.5. The summed E-state index contributed by atoms with van der Waals surface area (Å²) in [6, 6.07) is 20.9. The Hall–Kier alpha value is -4.03. The van der Waals surface area contributed by atoms with Crippen LogP contribution in [0, 0.1) is 23.0 Å². The SMILES string of the molecule is N#Cc1ccccc1NC(=O)CSc1nnc(-c2ccccc2)n1-c1ccc(F)cc1F. The van der Waals surface area contributed by atoms with Crippen LogP contribution in [-0.2, 0) is 4.79 Å². The minimum absolute atomic E-state index is 0.0600. The molecule has 0 radical (unpaired) electrons. The topological polar surface area (TPSA) is 83.6 Å². The molecule has 4 rings (SSSR count). The molecule has 1 N–H and O–H groups in total. The van der Waals surface area contributed by atoms with Crippen molar-refractivity contribution < 1.29 is 13.6 Å². The standard InChI is InChI=1S/C23H15F2N5OS/c24-17-10-11-20(18(25)12-17)30-22(15-6-2-1-3-7-15)28-29-23(30)32-14-21(31)27-19-9-5-4-8-16(19)13-26/h1-12H,14H2,(H,27,31). The molecule has 0 bridgehead atoms. The van der Waals surface area contributed by atoms with Crippen molar-refractivity contribution in [2.75, 3.05) is 11.1 Å². The van der Waals surface area contributed by atoms with Crippen LogP contribution < -0.4 is 5.32 Å². The van der Waals surface area contributed by atoms with Crippen molar-refractivity contribution in [3.05, 3.63) is 90.0 Å². The van der Waals surface area contributed by atoms with Crippen LogP contribution in [0.5, 0.6) is 0 Å². The van der Waals surface area contributed by atoms with Gasteiger partial charge in [-0.15, -0.1) is 10.2 Å². The van der Waals surface area contributed by atoms with E-state index < -0.39 is 11.6 Å². The van der Waals surface area contributed by atoms with Crippen LogP contribution in [0.2, 0.25) is 0 Å². The maximum absolute atomic E-state index is 14.6. The zero-order valence-corrected chi connectivity index (χ0v) is 17.3. The minimum atomic E-state index is -0.781. The highest BCUT2D eigenvalue weighted by Gasteiger charge is 2.20. The average molecular weight is 447 g/mol. The highest BCUT2D eigenvalue weighted by atomic mass is 32.2. The van der Waals surface area contributed by atoms with Crippen LogP contribution in [0.4, 0.5) is 14.5 Å². The number of hydrogen-bond donors (Lipinski definition) is 1. The van der Waals surface area contributed by atoms with Gasteiger partial charge in [-0.2, -0.15) is 5.26 Å². The molecule has 32 heavy (non-hydrogen) atoms. The molecule has 6 nitrogen and oxygen atoms in total. The molecule has 0 aliphatic heterocycles. The number of hydrogen-bond acceptors (Lipinski definition) is 5. The number of para-hydroxylation sites is 1. The van der Waals surface area contributed by atoms with E-state index in [-0.39, 0.29) is 22.5 Å². The Labute approximate surface area is 186 Å². The number of anilines is 1. The number of halogens is 2. The first-order valence-corrected chi connectivity index (χ1v) is 10.4. The first kappa shape index (κ1) is 21.2. The lowest BCUT2D eigenvalue weighted by atomic mass is 10.2. The third kappa shape index (κ3) is 4.50. The van der Waals surface area contributed by atoms with E-state index in [1.54, 1.807) is 36.4 Å². The van der Waals surface area contributed by atoms with Gasteiger partial charge in [-0.3, -0.25) is 9.36 Å². The first-order chi connectivity index (χ1) is 15.6. The summed E-state index contributed by atoms with van der Waals surface area (Å²) in [6.45, 7) is 0. The number of carbonyl (C=O) groups excluding carboxylic acids is 1. The van der Waals surface area contributed by atoms with E-state index in [1.807, 2.05) is 24.3 Å². The van der Waals surface area contributed by atoms with Gasteiger partial charge in [0.15, 0.2) is 11.0 Å². The Morgan fingerprint density at radius 3 is 2.53 bits per heavy atom. The number of benzene rings is 3. The van der Waals surface area contributed by atoms with Crippen molar-refractivity contribution in [1.82, 2.24) is 14.8 Å². The Morgan fingerprint density at radius 1 is 1.03 bits per heavy atom. The average Bonchev–Trinajstić information content (AvgIpc) is 3.22. The number of rotatable bonds is 6. The molecule has 1 aromatic heterocycles. The molecule has 1 amide bonds. The second-order valence-corrected chi connectivity index (χ2v) is 7.54. The zero-order chi connectivity index (χ0) is 22.5. The van der Waals surface area contributed by atoms with Crippen molar-refractivity contribution in [2.24, 2.45) is 0 Å². The number of nitrogens with one attached hydrogen (secondary N) is 1. The van der Waals surface area contributed by atoms with E-state index in [2.05, 4.69) is 15.5 Å².